The van der Waals surface area contributed by atoms with E-state index in [2.05, 4.69) is 41.1 Å². The Morgan fingerprint density at radius 2 is 1.58 bits per heavy atom. The van der Waals surface area contributed by atoms with E-state index in [1.54, 1.807) is 0 Å². The molecule has 0 atom stereocenters. The molecule has 106 valence electrons. The van der Waals surface area contributed by atoms with E-state index in [4.69, 9.17) is 4.74 Å². The van der Waals surface area contributed by atoms with E-state index < -0.39 is 0 Å². The molecule has 0 aliphatic carbocycles. The predicted molar refractivity (Wildman–Crippen MR) is 77.2 cm³/mol. The van der Waals surface area contributed by atoms with E-state index >= 15 is 0 Å². The third-order valence-electron chi connectivity index (χ3n) is 2.26. The summed E-state index contributed by atoms with van der Waals surface area (Å²) in [6, 6.07) is 16.2. The number of halogens is 4. The monoisotopic (exact) mass is 336 g/mol. The van der Waals surface area contributed by atoms with Crippen molar-refractivity contribution in [1.29, 1.82) is 0 Å². The molecule has 2 aromatic carbocycles. The Bertz CT molecular complexity index is 457. The van der Waals surface area contributed by atoms with Gasteiger partial charge in [-0.2, -0.15) is 0 Å². The molecule has 0 saturated carbocycles. The van der Waals surface area contributed by atoms with Crippen LogP contribution < -0.4 is 4.74 Å². The van der Waals surface area contributed by atoms with Gasteiger partial charge in [-0.15, -0.1) is 0 Å². The van der Waals surface area contributed by atoms with Crippen molar-refractivity contribution in [3.05, 3.63) is 64.1 Å². The van der Waals surface area contributed by atoms with Crippen LogP contribution >= 0.6 is 15.9 Å². The summed E-state index contributed by atoms with van der Waals surface area (Å²) >= 11 is 3.46. The second kappa shape index (κ2) is 9.44. The van der Waals surface area contributed by atoms with Crippen LogP contribution in [0.4, 0.5) is 14.1 Å². The van der Waals surface area contributed by atoms with Crippen molar-refractivity contribution in [3.8, 4) is 5.75 Å². The van der Waals surface area contributed by atoms with Gasteiger partial charge in [0.1, 0.15) is 12.4 Å². The summed E-state index contributed by atoms with van der Waals surface area (Å²) in [7, 11) is 0. The van der Waals surface area contributed by atoms with E-state index in [0.29, 0.717) is 6.61 Å². The molecule has 0 aliphatic rings. The molecule has 0 fully saturated rings. The van der Waals surface area contributed by atoms with Crippen molar-refractivity contribution in [3.63, 3.8) is 0 Å². The van der Waals surface area contributed by atoms with Gasteiger partial charge in [-0.05, 0) is 36.2 Å². The Kier molecular flexibility index (Phi) is 9.86. The van der Waals surface area contributed by atoms with Crippen LogP contribution in [0.2, 0.25) is 0 Å². The van der Waals surface area contributed by atoms with Gasteiger partial charge >= 0.3 is 0 Å². The molecule has 0 aromatic heterocycles. The first kappa shape index (κ1) is 19.8. The summed E-state index contributed by atoms with van der Waals surface area (Å²) in [5.41, 5.74) is 2.37. The van der Waals surface area contributed by atoms with E-state index in [0.717, 1.165) is 10.2 Å². The SMILES string of the molecule is Cc1cc(Br)cc(OCc2ccccc2)c1.F.F.F. The van der Waals surface area contributed by atoms with Gasteiger partial charge < -0.3 is 4.74 Å². The number of hydrogen-bond acceptors (Lipinski definition) is 1. The normalized spacial score (nSPS) is 8.53. The van der Waals surface area contributed by atoms with Crippen molar-refractivity contribution in [2.24, 2.45) is 0 Å². The van der Waals surface area contributed by atoms with Gasteiger partial charge in [-0.3, -0.25) is 14.1 Å². The maximum atomic E-state index is 5.72. The molecule has 5 heteroatoms. The lowest BCUT2D eigenvalue weighted by Gasteiger charge is -2.07. The molecule has 0 heterocycles. The molecule has 0 amide bonds. The number of aryl methyl sites for hydroxylation is 1. The standard InChI is InChI=1S/C14H13BrO.3FH/c1-11-7-13(15)9-14(8-11)16-10-12-5-3-2-4-6-12;;;/h2-9H,10H2,1H3;3*1H. The van der Waals surface area contributed by atoms with Crippen LogP contribution in [-0.4, -0.2) is 0 Å². The molecule has 0 radical (unpaired) electrons. The minimum atomic E-state index is 0. The molecule has 2 rings (SSSR count). The van der Waals surface area contributed by atoms with Crippen LogP contribution in [0.25, 0.3) is 0 Å². The van der Waals surface area contributed by atoms with Gasteiger partial charge in [-0.25, -0.2) is 0 Å². The summed E-state index contributed by atoms with van der Waals surface area (Å²) in [6.45, 7) is 2.66. The maximum Gasteiger partial charge on any atom is 0.121 e. The van der Waals surface area contributed by atoms with E-state index in [-0.39, 0.29) is 14.1 Å². The lowest BCUT2D eigenvalue weighted by Crippen LogP contribution is -1.95. The smallest absolute Gasteiger partial charge is 0.121 e. The van der Waals surface area contributed by atoms with Crippen LogP contribution in [-0.2, 0) is 6.61 Å². The molecule has 19 heavy (non-hydrogen) atoms. The van der Waals surface area contributed by atoms with Crippen LogP contribution in [0.5, 0.6) is 5.75 Å². The Morgan fingerprint density at radius 1 is 0.947 bits per heavy atom. The minimum Gasteiger partial charge on any atom is -0.489 e. The topological polar surface area (TPSA) is 9.23 Å². The van der Waals surface area contributed by atoms with Crippen molar-refractivity contribution >= 4 is 15.9 Å². The van der Waals surface area contributed by atoms with Crippen LogP contribution in [0.1, 0.15) is 11.1 Å². The zero-order valence-electron chi connectivity index (χ0n) is 10.3. The number of rotatable bonds is 3. The highest BCUT2D eigenvalue weighted by molar-refractivity contribution is 9.10. The first-order chi connectivity index (χ1) is 7.74. The number of benzene rings is 2. The average Bonchev–Trinajstić information content (AvgIpc) is 2.27. The van der Waals surface area contributed by atoms with E-state index in [9.17, 15) is 0 Å². The predicted octanol–water partition coefficient (Wildman–Crippen LogP) is 4.79. The zero-order valence-corrected chi connectivity index (χ0v) is 11.9. The lowest BCUT2D eigenvalue weighted by atomic mass is 10.2. The highest BCUT2D eigenvalue weighted by Crippen LogP contribution is 2.21. The number of hydrogen-bond donors (Lipinski definition) is 0. The Labute approximate surface area is 118 Å². The molecule has 0 N–H and O–H groups in total. The third kappa shape index (κ3) is 6.29. The van der Waals surface area contributed by atoms with Crippen LogP contribution in [0.15, 0.2) is 53.0 Å². The zero-order chi connectivity index (χ0) is 11.4. The molecule has 0 aliphatic heterocycles. The van der Waals surface area contributed by atoms with Crippen LogP contribution in [0, 0.1) is 6.92 Å². The Hall–Kier alpha value is -1.49. The van der Waals surface area contributed by atoms with Gasteiger partial charge in [0.2, 0.25) is 0 Å². The van der Waals surface area contributed by atoms with Gasteiger partial charge in [0.05, 0.1) is 0 Å². The van der Waals surface area contributed by atoms with Crippen molar-refractivity contribution < 1.29 is 18.9 Å². The quantitative estimate of drug-likeness (QED) is 0.782. The first-order valence-electron chi connectivity index (χ1n) is 5.18. The molecule has 0 saturated heterocycles. The van der Waals surface area contributed by atoms with Crippen molar-refractivity contribution in [2.75, 3.05) is 0 Å². The van der Waals surface area contributed by atoms with Gasteiger partial charge in [0, 0.05) is 4.47 Å². The molecule has 0 unspecified atom stereocenters. The Balaban J connectivity index is 0. The highest BCUT2D eigenvalue weighted by Gasteiger charge is 1.98. The largest absolute Gasteiger partial charge is 0.489 e. The molecule has 0 bridgehead atoms. The fourth-order valence-corrected chi connectivity index (χ4v) is 2.11. The molecular weight excluding hydrogens is 321 g/mol. The first-order valence-corrected chi connectivity index (χ1v) is 5.97. The summed E-state index contributed by atoms with van der Waals surface area (Å²) in [5.74, 6) is 0.899. The highest BCUT2D eigenvalue weighted by atomic mass is 79.9. The van der Waals surface area contributed by atoms with Crippen molar-refractivity contribution in [2.45, 2.75) is 13.5 Å². The fourth-order valence-electron chi connectivity index (χ4n) is 1.53. The average molecular weight is 337 g/mol. The summed E-state index contributed by atoms with van der Waals surface area (Å²) in [4.78, 5) is 0. The molecule has 0 spiro atoms. The second-order valence-electron chi connectivity index (χ2n) is 3.74. The molecule has 2 aromatic rings. The summed E-state index contributed by atoms with van der Waals surface area (Å²) in [5, 5.41) is 0. The van der Waals surface area contributed by atoms with E-state index in [1.807, 2.05) is 30.3 Å². The van der Waals surface area contributed by atoms with Gasteiger partial charge in [0.25, 0.3) is 0 Å². The fraction of sp³-hybridized carbons (Fsp3) is 0.143. The summed E-state index contributed by atoms with van der Waals surface area (Å²) in [6.07, 6.45) is 0. The van der Waals surface area contributed by atoms with Crippen LogP contribution in [0.3, 0.4) is 0 Å². The molecule has 1 nitrogen and oxygen atoms in total. The van der Waals surface area contributed by atoms with Crippen molar-refractivity contribution in [1.82, 2.24) is 0 Å². The van der Waals surface area contributed by atoms with Gasteiger partial charge in [0.15, 0.2) is 0 Å². The van der Waals surface area contributed by atoms with E-state index in [1.165, 1.54) is 11.1 Å². The molecular formula is C14H16BrF3O. The maximum absolute atomic E-state index is 5.72. The lowest BCUT2D eigenvalue weighted by molar-refractivity contribution is 0.306. The minimum absolute atomic E-state index is 0. The third-order valence-corrected chi connectivity index (χ3v) is 2.72. The number of ether oxygens (including phenoxy) is 1. The Morgan fingerprint density at radius 3 is 2.16 bits per heavy atom. The summed E-state index contributed by atoms with van der Waals surface area (Å²) < 4.78 is 6.78. The van der Waals surface area contributed by atoms with Gasteiger partial charge in [-0.1, -0.05) is 46.3 Å². The second-order valence-corrected chi connectivity index (χ2v) is 4.65.